The van der Waals surface area contributed by atoms with E-state index in [2.05, 4.69) is 20.8 Å². The van der Waals surface area contributed by atoms with Crippen LogP contribution in [0.1, 0.15) is 22.1 Å². The highest BCUT2D eigenvalue weighted by atomic mass is 35.5. The predicted octanol–water partition coefficient (Wildman–Crippen LogP) is 1.28. The van der Waals surface area contributed by atoms with Gasteiger partial charge in [0, 0.05) is 36.1 Å². The van der Waals surface area contributed by atoms with Gasteiger partial charge in [-0.1, -0.05) is 34.4 Å². The van der Waals surface area contributed by atoms with E-state index in [1.807, 2.05) is 0 Å². The zero-order valence-corrected chi connectivity index (χ0v) is 13.7. The molecule has 0 saturated carbocycles. The summed E-state index contributed by atoms with van der Waals surface area (Å²) in [7, 11) is 0. The summed E-state index contributed by atoms with van der Waals surface area (Å²) < 4.78 is 4.94. The Morgan fingerprint density at radius 1 is 1.22 bits per heavy atom. The Bertz CT molecular complexity index is 643. The maximum atomic E-state index is 11.8. The lowest BCUT2D eigenvalue weighted by atomic mass is 10.1. The van der Waals surface area contributed by atoms with Crippen molar-refractivity contribution in [1.82, 2.24) is 20.8 Å². The normalized spacial score (nSPS) is 10.7. The SMILES string of the molecule is O=C(NCCNCCO)c1nc(Cc2c(Cl)cccc2Cl)no1. The first-order chi connectivity index (χ1) is 11.1. The second kappa shape index (κ2) is 8.83. The van der Waals surface area contributed by atoms with E-state index in [4.69, 9.17) is 32.8 Å². The number of nitrogens with zero attached hydrogens (tertiary/aromatic N) is 2. The maximum absolute atomic E-state index is 11.8. The number of halogens is 2. The Hall–Kier alpha value is -1.67. The Morgan fingerprint density at radius 2 is 1.96 bits per heavy atom. The fourth-order valence-electron chi connectivity index (χ4n) is 1.82. The van der Waals surface area contributed by atoms with Crippen molar-refractivity contribution in [3.8, 4) is 0 Å². The third-order valence-corrected chi connectivity index (χ3v) is 3.64. The zero-order chi connectivity index (χ0) is 16.7. The van der Waals surface area contributed by atoms with E-state index in [-0.39, 0.29) is 18.9 Å². The number of aliphatic hydroxyl groups is 1. The van der Waals surface area contributed by atoms with Crippen molar-refractivity contribution in [2.75, 3.05) is 26.2 Å². The molecule has 1 aromatic carbocycles. The first kappa shape index (κ1) is 17.7. The lowest BCUT2D eigenvalue weighted by Gasteiger charge is -2.03. The van der Waals surface area contributed by atoms with Gasteiger partial charge in [0.25, 0.3) is 0 Å². The number of rotatable bonds is 8. The molecule has 1 aromatic heterocycles. The van der Waals surface area contributed by atoms with E-state index in [1.54, 1.807) is 18.2 Å². The van der Waals surface area contributed by atoms with E-state index in [0.717, 1.165) is 0 Å². The minimum Gasteiger partial charge on any atom is -0.395 e. The molecule has 23 heavy (non-hydrogen) atoms. The average Bonchev–Trinajstić information content (AvgIpc) is 2.99. The van der Waals surface area contributed by atoms with Crippen molar-refractivity contribution in [3.63, 3.8) is 0 Å². The van der Waals surface area contributed by atoms with Crippen LogP contribution in [0.2, 0.25) is 10.0 Å². The second-order valence-corrected chi connectivity index (χ2v) is 5.44. The number of carbonyl (C=O) groups excluding carboxylic acids is 1. The van der Waals surface area contributed by atoms with Crippen LogP contribution in [0.4, 0.5) is 0 Å². The molecule has 2 aromatic rings. The average molecular weight is 359 g/mol. The van der Waals surface area contributed by atoms with E-state index in [1.165, 1.54) is 0 Å². The molecule has 0 bridgehead atoms. The summed E-state index contributed by atoms with van der Waals surface area (Å²) in [6, 6.07) is 5.18. The molecule has 0 atom stereocenters. The van der Waals surface area contributed by atoms with Gasteiger partial charge in [0.05, 0.1) is 6.61 Å². The number of hydrogen-bond donors (Lipinski definition) is 3. The molecule has 0 aliphatic heterocycles. The molecule has 2 rings (SSSR count). The molecule has 9 heteroatoms. The molecular formula is C14H16Cl2N4O3. The van der Waals surface area contributed by atoms with Crippen molar-refractivity contribution >= 4 is 29.1 Å². The van der Waals surface area contributed by atoms with Crippen LogP contribution in [0, 0.1) is 0 Å². The van der Waals surface area contributed by atoms with Gasteiger partial charge in [-0.15, -0.1) is 0 Å². The molecule has 0 aliphatic rings. The highest BCUT2D eigenvalue weighted by Gasteiger charge is 2.16. The Labute approximate surface area is 143 Å². The molecule has 0 aliphatic carbocycles. The fraction of sp³-hybridized carbons (Fsp3) is 0.357. The predicted molar refractivity (Wildman–Crippen MR) is 85.9 cm³/mol. The van der Waals surface area contributed by atoms with Gasteiger partial charge in [0.1, 0.15) is 0 Å². The van der Waals surface area contributed by atoms with Crippen molar-refractivity contribution in [3.05, 3.63) is 45.5 Å². The summed E-state index contributed by atoms with van der Waals surface area (Å²) in [4.78, 5) is 15.9. The molecule has 7 nitrogen and oxygen atoms in total. The number of amides is 1. The molecule has 1 heterocycles. The van der Waals surface area contributed by atoms with Crippen LogP contribution in [0.5, 0.6) is 0 Å². The zero-order valence-electron chi connectivity index (χ0n) is 12.2. The topological polar surface area (TPSA) is 100 Å². The number of hydrogen-bond acceptors (Lipinski definition) is 6. The third-order valence-electron chi connectivity index (χ3n) is 2.93. The van der Waals surface area contributed by atoms with Crippen LogP contribution in [-0.2, 0) is 6.42 Å². The largest absolute Gasteiger partial charge is 0.395 e. The highest BCUT2D eigenvalue weighted by Crippen LogP contribution is 2.26. The molecule has 3 N–H and O–H groups in total. The minimum atomic E-state index is -0.459. The number of benzene rings is 1. The Morgan fingerprint density at radius 3 is 2.65 bits per heavy atom. The van der Waals surface area contributed by atoms with Gasteiger partial charge in [0.15, 0.2) is 5.82 Å². The molecule has 0 fully saturated rings. The van der Waals surface area contributed by atoms with Gasteiger partial charge in [-0.2, -0.15) is 4.98 Å². The monoisotopic (exact) mass is 358 g/mol. The molecule has 0 unspecified atom stereocenters. The van der Waals surface area contributed by atoms with E-state index < -0.39 is 5.91 Å². The van der Waals surface area contributed by atoms with Crippen LogP contribution in [-0.4, -0.2) is 47.4 Å². The first-order valence-electron chi connectivity index (χ1n) is 6.97. The summed E-state index contributed by atoms with van der Waals surface area (Å²) >= 11 is 12.2. The smallest absolute Gasteiger partial charge is 0.315 e. The van der Waals surface area contributed by atoms with Gasteiger partial charge in [-0.05, 0) is 17.7 Å². The lowest BCUT2D eigenvalue weighted by Crippen LogP contribution is -2.33. The van der Waals surface area contributed by atoms with E-state index in [0.29, 0.717) is 41.1 Å². The molecular weight excluding hydrogens is 343 g/mol. The van der Waals surface area contributed by atoms with Crippen LogP contribution in [0.25, 0.3) is 0 Å². The Balaban J connectivity index is 1.91. The summed E-state index contributed by atoms with van der Waals surface area (Å²) in [6.07, 6.45) is 0.271. The summed E-state index contributed by atoms with van der Waals surface area (Å²) in [6.45, 7) is 1.43. The molecule has 0 saturated heterocycles. The van der Waals surface area contributed by atoms with Crippen LogP contribution >= 0.6 is 23.2 Å². The fourth-order valence-corrected chi connectivity index (χ4v) is 2.35. The molecule has 0 spiro atoms. The van der Waals surface area contributed by atoms with Crippen molar-refractivity contribution in [1.29, 1.82) is 0 Å². The number of aliphatic hydroxyl groups excluding tert-OH is 1. The second-order valence-electron chi connectivity index (χ2n) is 4.62. The standard InChI is InChI=1S/C14H16Cl2N4O3/c15-10-2-1-3-11(16)9(10)8-12-19-14(23-20-12)13(22)18-5-4-17-6-7-21/h1-3,17,21H,4-8H2,(H,18,22). The van der Waals surface area contributed by atoms with Crippen LogP contribution in [0.15, 0.2) is 22.7 Å². The minimum absolute atomic E-state index is 0.0472. The van der Waals surface area contributed by atoms with Crippen LogP contribution in [0.3, 0.4) is 0 Å². The maximum Gasteiger partial charge on any atom is 0.315 e. The lowest BCUT2D eigenvalue weighted by molar-refractivity contribution is 0.0910. The van der Waals surface area contributed by atoms with Gasteiger partial charge in [-0.25, -0.2) is 0 Å². The first-order valence-corrected chi connectivity index (χ1v) is 7.72. The molecule has 124 valence electrons. The summed E-state index contributed by atoms with van der Waals surface area (Å²) in [5.74, 6) is -0.256. The number of aromatic nitrogens is 2. The van der Waals surface area contributed by atoms with Gasteiger partial charge in [-0.3, -0.25) is 4.79 Å². The summed E-state index contributed by atoms with van der Waals surface area (Å²) in [5, 5.41) is 18.9. The van der Waals surface area contributed by atoms with E-state index in [9.17, 15) is 4.79 Å². The van der Waals surface area contributed by atoms with Gasteiger partial charge in [0.2, 0.25) is 0 Å². The molecule has 0 radical (unpaired) electrons. The van der Waals surface area contributed by atoms with Crippen LogP contribution < -0.4 is 10.6 Å². The van der Waals surface area contributed by atoms with Crippen molar-refractivity contribution in [2.24, 2.45) is 0 Å². The summed E-state index contributed by atoms with van der Waals surface area (Å²) in [5.41, 5.74) is 0.678. The van der Waals surface area contributed by atoms with Crippen molar-refractivity contribution in [2.45, 2.75) is 6.42 Å². The van der Waals surface area contributed by atoms with Gasteiger partial charge < -0.3 is 20.3 Å². The number of carbonyl (C=O) groups is 1. The highest BCUT2D eigenvalue weighted by molar-refractivity contribution is 6.36. The molecule has 1 amide bonds. The van der Waals surface area contributed by atoms with Gasteiger partial charge >= 0.3 is 11.8 Å². The van der Waals surface area contributed by atoms with E-state index >= 15 is 0 Å². The number of nitrogens with one attached hydrogen (secondary N) is 2. The third kappa shape index (κ3) is 5.18. The van der Waals surface area contributed by atoms with Crippen molar-refractivity contribution < 1.29 is 14.4 Å². The Kier molecular flexibility index (Phi) is 6.79. The quantitative estimate of drug-likeness (QED) is 0.614.